The van der Waals surface area contributed by atoms with E-state index in [0.29, 0.717) is 28.8 Å². The van der Waals surface area contributed by atoms with Crippen LogP contribution in [0.25, 0.3) is 0 Å². The number of nitrogens with zero attached hydrogens (tertiary/aromatic N) is 2. The number of para-hydroxylation sites is 1. The number of hydrogen-bond acceptors (Lipinski definition) is 4. The first-order chi connectivity index (χ1) is 12.8. The van der Waals surface area contributed by atoms with Gasteiger partial charge in [0.25, 0.3) is 0 Å². The van der Waals surface area contributed by atoms with Crippen molar-refractivity contribution in [2.45, 2.75) is 20.3 Å². The number of anilines is 1. The minimum Gasteiger partial charge on any atom is -0.355 e. The van der Waals surface area contributed by atoms with Crippen LogP contribution in [0.5, 0.6) is 0 Å². The molecule has 0 aliphatic rings. The molecule has 27 heavy (non-hydrogen) atoms. The van der Waals surface area contributed by atoms with Crippen molar-refractivity contribution in [2.24, 2.45) is 0 Å². The highest BCUT2D eigenvalue weighted by Crippen LogP contribution is 2.29. The quantitative estimate of drug-likeness (QED) is 0.612. The van der Waals surface area contributed by atoms with E-state index in [1.807, 2.05) is 13.8 Å². The molecule has 9 heteroatoms. The van der Waals surface area contributed by atoms with E-state index in [9.17, 15) is 14.4 Å². The lowest BCUT2D eigenvalue weighted by Gasteiger charge is -2.23. The standard InChI is InChI=1S/C18H26Cl2N4O3/c1-4-9-21-15(25)10-23(3)17(27)12-24(5-2)11-16(26)22-18-13(19)7-6-8-14(18)20/h6-8H,4-5,9-12H2,1-3H3,(H,21,25)(H,22,26). The highest BCUT2D eigenvalue weighted by atomic mass is 35.5. The Hall–Kier alpha value is -1.83. The largest absolute Gasteiger partial charge is 0.355 e. The lowest BCUT2D eigenvalue weighted by molar-refractivity contribution is -0.136. The second-order valence-electron chi connectivity index (χ2n) is 6.05. The molecule has 0 saturated heterocycles. The van der Waals surface area contributed by atoms with Crippen molar-refractivity contribution in [2.75, 3.05) is 45.1 Å². The maximum atomic E-state index is 12.3. The van der Waals surface area contributed by atoms with Crippen molar-refractivity contribution in [1.82, 2.24) is 15.1 Å². The normalized spacial score (nSPS) is 10.6. The third kappa shape index (κ3) is 8.15. The van der Waals surface area contributed by atoms with Gasteiger partial charge in [-0.3, -0.25) is 19.3 Å². The highest BCUT2D eigenvalue weighted by Gasteiger charge is 2.18. The summed E-state index contributed by atoms with van der Waals surface area (Å²) >= 11 is 12.1. The summed E-state index contributed by atoms with van der Waals surface area (Å²) in [5, 5.41) is 6.07. The van der Waals surface area contributed by atoms with E-state index in [0.717, 1.165) is 6.42 Å². The first-order valence-corrected chi connectivity index (χ1v) is 9.50. The molecule has 0 radical (unpaired) electrons. The molecule has 0 bridgehead atoms. The molecule has 1 aromatic carbocycles. The average Bonchev–Trinajstić information content (AvgIpc) is 2.62. The molecule has 0 fully saturated rings. The number of amides is 3. The van der Waals surface area contributed by atoms with Gasteiger partial charge in [-0.25, -0.2) is 0 Å². The molecule has 1 aromatic rings. The van der Waals surface area contributed by atoms with Crippen molar-refractivity contribution in [3.8, 4) is 0 Å². The first-order valence-electron chi connectivity index (χ1n) is 8.75. The zero-order valence-electron chi connectivity index (χ0n) is 15.8. The minimum atomic E-state index is -0.331. The minimum absolute atomic E-state index is 0.000334. The third-order valence-electron chi connectivity index (χ3n) is 3.78. The van der Waals surface area contributed by atoms with Gasteiger partial charge in [-0.2, -0.15) is 0 Å². The molecule has 0 aliphatic carbocycles. The van der Waals surface area contributed by atoms with Crippen LogP contribution in [0.1, 0.15) is 20.3 Å². The number of carbonyl (C=O) groups is 3. The fourth-order valence-corrected chi connectivity index (χ4v) is 2.71. The predicted octanol–water partition coefficient (Wildman–Crippen LogP) is 2.24. The summed E-state index contributed by atoms with van der Waals surface area (Å²) < 4.78 is 0. The van der Waals surface area contributed by atoms with Crippen molar-refractivity contribution < 1.29 is 14.4 Å². The van der Waals surface area contributed by atoms with Crippen molar-refractivity contribution >= 4 is 46.6 Å². The molecule has 7 nitrogen and oxygen atoms in total. The number of nitrogens with one attached hydrogen (secondary N) is 2. The van der Waals surface area contributed by atoms with Crippen LogP contribution >= 0.6 is 23.2 Å². The Kier molecular flexibility index (Phi) is 10.1. The molecule has 0 unspecified atom stereocenters. The number of rotatable bonds is 10. The van der Waals surface area contributed by atoms with Gasteiger partial charge in [-0.1, -0.05) is 43.1 Å². The zero-order chi connectivity index (χ0) is 20.4. The molecule has 1 rings (SSSR count). The molecule has 0 saturated carbocycles. The van der Waals surface area contributed by atoms with Crippen molar-refractivity contribution in [3.05, 3.63) is 28.2 Å². The lowest BCUT2D eigenvalue weighted by atomic mass is 10.3. The number of hydrogen-bond donors (Lipinski definition) is 2. The molecular formula is C18H26Cl2N4O3. The Morgan fingerprint density at radius 2 is 1.63 bits per heavy atom. The second kappa shape index (κ2) is 11.8. The summed E-state index contributed by atoms with van der Waals surface area (Å²) in [4.78, 5) is 39.3. The van der Waals surface area contributed by atoms with E-state index >= 15 is 0 Å². The summed E-state index contributed by atoms with van der Waals surface area (Å²) in [6.07, 6.45) is 0.831. The Balaban J connectivity index is 2.56. The van der Waals surface area contributed by atoms with Crippen LogP contribution in [0.15, 0.2) is 18.2 Å². The lowest BCUT2D eigenvalue weighted by Crippen LogP contribution is -2.45. The number of benzene rings is 1. The van der Waals surface area contributed by atoms with E-state index in [2.05, 4.69) is 10.6 Å². The van der Waals surface area contributed by atoms with E-state index < -0.39 is 0 Å². The molecule has 2 N–H and O–H groups in total. The average molecular weight is 417 g/mol. The van der Waals surface area contributed by atoms with Gasteiger partial charge in [0, 0.05) is 13.6 Å². The number of likely N-dealkylation sites (N-methyl/N-ethyl adjacent to an activating group) is 2. The highest BCUT2D eigenvalue weighted by molar-refractivity contribution is 6.39. The van der Waals surface area contributed by atoms with Gasteiger partial charge >= 0.3 is 0 Å². The van der Waals surface area contributed by atoms with Crippen LogP contribution in [0.2, 0.25) is 10.0 Å². The van der Waals surface area contributed by atoms with E-state index in [1.54, 1.807) is 30.1 Å². The molecule has 0 heterocycles. The molecule has 0 aliphatic heterocycles. The zero-order valence-corrected chi connectivity index (χ0v) is 17.4. The molecule has 0 spiro atoms. The van der Waals surface area contributed by atoms with Gasteiger partial charge in [-0.05, 0) is 25.1 Å². The maximum absolute atomic E-state index is 12.3. The second-order valence-corrected chi connectivity index (χ2v) is 6.86. The van der Waals surface area contributed by atoms with Crippen LogP contribution < -0.4 is 10.6 Å². The van der Waals surface area contributed by atoms with Crippen LogP contribution in [-0.4, -0.2) is 67.3 Å². The van der Waals surface area contributed by atoms with Crippen LogP contribution in [-0.2, 0) is 14.4 Å². The van der Waals surface area contributed by atoms with Crippen molar-refractivity contribution in [1.29, 1.82) is 0 Å². The summed E-state index contributed by atoms with van der Waals surface area (Å²) in [5.74, 6) is -0.781. The first kappa shape index (κ1) is 23.2. The smallest absolute Gasteiger partial charge is 0.239 e. The molecule has 0 atom stereocenters. The van der Waals surface area contributed by atoms with E-state index in [1.165, 1.54) is 4.90 Å². The number of halogens is 2. The molecule has 0 aromatic heterocycles. The summed E-state index contributed by atoms with van der Waals surface area (Å²) in [5.41, 5.74) is 0.345. The summed E-state index contributed by atoms with van der Waals surface area (Å²) in [6, 6.07) is 4.94. The Labute approximate surface area is 170 Å². The monoisotopic (exact) mass is 416 g/mol. The molecule has 3 amide bonds. The van der Waals surface area contributed by atoms with Gasteiger partial charge < -0.3 is 15.5 Å². The van der Waals surface area contributed by atoms with Gasteiger partial charge in [0.15, 0.2) is 0 Å². The van der Waals surface area contributed by atoms with E-state index in [4.69, 9.17) is 23.2 Å². The summed E-state index contributed by atoms with van der Waals surface area (Å²) in [6.45, 7) is 4.87. The Bertz CT molecular complexity index is 650. The van der Waals surface area contributed by atoms with Crippen LogP contribution in [0.4, 0.5) is 5.69 Å². The van der Waals surface area contributed by atoms with Gasteiger partial charge in [0.2, 0.25) is 17.7 Å². The summed E-state index contributed by atoms with van der Waals surface area (Å²) in [7, 11) is 1.56. The fourth-order valence-electron chi connectivity index (χ4n) is 2.21. The third-order valence-corrected chi connectivity index (χ3v) is 4.41. The van der Waals surface area contributed by atoms with Gasteiger partial charge in [0.1, 0.15) is 0 Å². The topological polar surface area (TPSA) is 81.8 Å². The molecule has 150 valence electrons. The van der Waals surface area contributed by atoms with Crippen LogP contribution in [0.3, 0.4) is 0 Å². The van der Waals surface area contributed by atoms with Gasteiger partial charge in [-0.15, -0.1) is 0 Å². The maximum Gasteiger partial charge on any atom is 0.239 e. The number of carbonyl (C=O) groups excluding carboxylic acids is 3. The van der Waals surface area contributed by atoms with Crippen molar-refractivity contribution in [3.63, 3.8) is 0 Å². The Morgan fingerprint density at radius 3 is 2.19 bits per heavy atom. The fraction of sp³-hybridized carbons (Fsp3) is 0.500. The SMILES string of the molecule is CCCNC(=O)CN(C)C(=O)CN(CC)CC(=O)Nc1c(Cl)cccc1Cl. The van der Waals surface area contributed by atoms with Gasteiger partial charge in [0.05, 0.1) is 35.4 Å². The van der Waals surface area contributed by atoms with E-state index in [-0.39, 0.29) is 37.4 Å². The Morgan fingerprint density at radius 1 is 1.00 bits per heavy atom. The van der Waals surface area contributed by atoms with Crippen LogP contribution in [0, 0.1) is 0 Å². The predicted molar refractivity (Wildman–Crippen MR) is 108 cm³/mol. The molecular weight excluding hydrogens is 391 g/mol.